The molecule has 0 aromatic carbocycles. The van der Waals surface area contributed by atoms with Crippen LogP contribution in [0.2, 0.25) is 0 Å². The molecule has 2 rings (SSSR count). The van der Waals surface area contributed by atoms with E-state index in [0.29, 0.717) is 18.1 Å². The zero-order chi connectivity index (χ0) is 11.1. The van der Waals surface area contributed by atoms with Crippen LogP contribution in [-0.4, -0.2) is 23.4 Å². The molecule has 0 aromatic rings. The maximum Gasteiger partial charge on any atom is 0.144 e. The largest absolute Gasteiger partial charge is 0.306 e. The van der Waals surface area contributed by atoms with E-state index in [-0.39, 0.29) is 17.4 Å². The molecule has 15 heavy (non-hydrogen) atoms. The standard InChI is InChI=1S/C11H17ClN2O/c1-11(2)5-8-10(9(15)6-11)7(3-4-12)13-14-8/h8,10,14H,3-6H2,1-2H3/t8-,10-/m0/s1. The van der Waals surface area contributed by atoms with Gasteiger partial charge in [-0.15, -0.1) is 11.6 Å². The summed E-state index contributed by atoms with van der Waals surface area (Å²) in [5.41, 5.74) is 4.15. The third kappa shape index (κ3) is 2.03. The Hall–Kier alpha value is -0.570. The summed E-state index contributed by atoms with van der Waals surface area (Å²) in [5.74, 6) is 0.863. The SMILES string of the molecule is CC1(C)CC(=O)[C@H]2C(CCCl)=NN[C@H]2C1. The molecule has 0 amide bonds. The number of hydrogen-bond acceptors (Lipinski definition) is 3. The fourth-order valence-electron chi connectivity index (χ4n) is 2.67. The first kappa shape index (κ1) is 10.9. The van der Waals surface area contributed by atoms with Crippen LogP contribution in [0.3, 0.4) is 0 Å². The van der Waals surface area contributed by atoms with Gasteiger partial charge >= 0.3 is 0 Å². The van der Waals surface area contributed by atoms with Gasteiger partial charge in [-0.1, -0.05) is 13.8 Å². The number of hydrazone groups is 1. The van der Waals surface area contributed by atoms with E-state index in [1.807, 2.05) is 0 Å². The van der Waals surface area contributed by atoms with Crippen molar-refractivity contribution in [3.63, 3.8) is 0 Å². The fraction of sp³-hybridized carbons (Fsp3) is 0.818. The van der Waals surface area contributed by atoms with Crippen molar-refractivity contribution in [2.24, 2.45) is 16.4 Å². The van der Waals surface area contributed by atoms with Crippen molar-refractivity contribution >= 4 is 23.1 Å². The van der Waals surface area contributed by atoms with Gasteiger partial charge in [0.05, 0.1) is 17.7 Å². The molecule has 0 bridgehead atoms. The predicted molar refractivity (Wildman–Crippen MR) is 61.2 cm³/mol. The number of alkyl halides is 1. The monoisotopic (exact) mass is 228 g/mol. The van der Waals surface area contributed by atoms with Gasteiger partial charge < -0.3 is 5.43 Å². The number of rotatable bonds is 2. The fourth-order valence-corrected chi connectivity index (χ4v) is 2.87. The van der Waals surface area contributed by atoms with Gasteiger partial charge in [-0.25, -0.2) is 0 Å². The summed E-state index contributed by atoms with van der Waals surface area (Å²) in [6.45, 7) is 4.28. The number of nitrogens with zero attached hydrogens (tertiary/aromatic N) is 1. The summed E-state index contributed by atoms with van der Waals surface area (Å²) in [7, 11) is 0. The second-order valence-electron chi connectivity index (χ2n) is 5.27. The summed E-state index contributed by atoms with van der Waals surface area (Å²) in [4.78, 5) is 12.0. The quantitative estimate of drug-likeness (QED) is 0.734. The van der Waals surface area contributed by atoms with Gasteiger partial charge in [0, 0.05) is 18.7 Å². The molecule has 1 heterocycles. The minimum Gasteiger partial charge on any atom is -0.306 e. The molecule has 0 radical (unpaired) electrons. The lowest BCUT2D eigenvalue weighted by atomic mass is 9.68. The normalized spacial score (nSPS) is 33.3. The number of nitrogens with one attached hydrogen (secondary N) is 1. The van der Waals surface area contributed by atoms with Crippen LogP contribution in [-0.2, 0) is 4.79 Å². The van der Waals surface area contributed by atoms with E-state index < -0.39 is 0 Å². The molecular formula is C11H17ClN2O. The van der Waals surface area contributed by atoms with Crippen LogP contribution >= 0.6 is 11.6 Å². The van der Waals surface area contributed by atoms with Crippen LogP contribution in [0, 0.1) is 11.3 Å². The molecule has 0 unspecified atom stereocenters. The van der Waals surface area contributed by atoms with Gasteiger partial charge in [0.25, 0.3) is 0 Å². The first-order chi connectivity index (χ1) is 7.03. The van der Waals surface area contributed by atoms with Crippen molar-refractivity contribution < 1.29 is 4.79 Å². The third-order valence-corrected chi connectivity index (χ3v) is 3.45. The maximum atomic E-state index is 12.0. The number of hydrogen-bond donors (Lipinski definition) is 1. The Morgan fingerprint density at radius 2 is 2.33 bits per heavy atom. The number of halogens is 1. The van der Waals surface area contributed by atoms with E-state index >= 15 is 0 Å². The maximum absolute atomic E-state index is 12.0. The van der Waals surface area contributed by atoms with Crippen LogP contribution < -0.4 is 5.43 Å². The number of ketones is 1. The van der Waals surface area contributed by atoms with Crippen LogP contribution in [0.4, 0.5) is 0 Å². The van der Waals surface area contributed by atoms with Crippen molar-refractivity contribution in [2.75, 3.05) is 5.88 Å². The number of carbonyl (C=O) groups is 1. The van der Waals surface area contributed by atoms with Gasteiger partial charge in [-0.2, -0.15) is 5.10 Å². The van der Waals surface area contributed by atoms with Gasteiger partial charge in [0.2, 0.25) is 0 Å². The van der Waals surface area contributed by atoms with Crippen molar-refractivity contribution in [3.05, 3.63) is 0 Å². The molecule has 0 spiro atoms. The number of fused-ring (bicyclic) bond motifs is 1. The Bertz CT molecular complexity index is 312. The molecule has 0 aromatic heterocycles. The summed E-state index contributed by atoms with van der Waals surface area (Å²) in [5, 5.41) is 4.25. The summed E-state index contributed by atoms with van der Waals surface area (Å²) in [6, 6.07) is 0.208. The van der Waals surface area contributed by atoms with Crippen molar-refractivity contribution in [1.29, 1.82) is 0 Å². The minimum absolute atomic E-state index is 0.00299. The summed E-state index contributed by atoms with van der Waals surface area (Å²) >= 11 is 5.70. The molecule has 1 aliphatic heterocycles. The van der Waals surface area contributed by atoms with Gasteiger partial charge in [0.15, 0.2) is 0 Å². The van der Waals surface area contributed by atoms with Crippen molar-refractivity contribution in [3.8, 4) is 0 Å². The third-order valence-electron chi connectivity index (χ3n) is 3.26. The average Bonchev–Trinajstić information content (AvgIpc) is 2.46. The molecular weight excluding hydrogens is 212 g/mol. The molecule has 84 valence electrons. The highest BCUT2D eigenvalue weighted by Crippen LogP contribution is 2.38. The second kappa shape index (κ2) is 3.78. The molecule has 1 saturated carbocycles. The van der Waals surface area contributed by atoms with E-state index in [4.69, 9.17) is 11.6 Å². The number of Topliss-reactive ketones (excluding diaryl/α,β-unsaturated/α-hetero) is 1. The zero-order valence-corrected chi connectivity index (χ0v) is 9.97. The van der Waals surface area contributed by atoms with E-state index in [1.54, 1.807) is 0 Å². The molecule has 1 N–H and O–H groups in total. The Morgan fingerprint density at radius 1 is 1.60 bits per heavy atom. The highest BCUT2D eigenvalue weighted by Gasteiger charge is 2.45. The summed E-state index contributed by atoms with van der Waals surface area (Å²) in [6.07, 6.45) is 2.40. The van der Waals surface area contributed by atoms with E-state index in [1.165, 1.54) is 0 Å². The van der Waals surface area contributed by atoms with Gasteiger partial charge in [-0.05, 0) is 11.8 Å². The second-order valence-corrected chi connectivity index (χ2v) is 5.64. The highest BCUT2D eigenvalue weighted by atomic mass is 35.5. The average molecular weight is 229 g/mol. The highest BCUT2D eigenvalue weighted by molar-refractivity contribution is 6.20. The lowest BCUT2D eigenvalue weighted by Crippen LogP contribution is -2.45. The van der Waals surface area contributed by atoms with E-state index in [9.17, 15) is 4.79 Å². The summed E-state index contributed by atoms with van der Waals surface area (Å²) < 4.78 is 0. The smallest absolute Gasteiger partial charge is 0.144 e. The molecule has 2 aliphatic rings. The van der Waals surface area contributed by atoms with Crippen LogP contribution in [0.25, 0.3) is 0 Å². The van der Waals surface area contributed by atoms with E-state index in [0.717, 1.165) is 18.6 Å². The molecule has 1 aliphatic carbocycles. The number of carbonyl (C=O) groups excluding carboxylic acids is 1. The Balaban J connectivity index is 2.14. The lowest BCUT2D eigenvalue weighted by molar-refractivity contribution is -0.126. The van der Waals surface area contributed by atoms with Crippen LogP contribution in [0.15, 0.2) is 5.10 Å². The first-order valence-corrected chi connectivity index (χ1v) is 5.97. The van der Waals surface area contributed by atoms with Crippen LogP contribution in [0.1, 0.15) is 33.1 Å². The first-order valence-electron chi connectivity index (χ1n) is 5.44. The van der Waals surface area contributed by atoms with Gasteiger partial charge in [0.1, 0.15) is 5.78 Å². The molecule has 2 atom stereocenters. The Kier molecular flexibility index (Phi) is 2.75. The zero-order valence-electron chi connectivity index (χ0n) is 9.22. The van der Waals surface area contributed by atoms with Crippen molar-refractivity contribution in [1.82, 2.24) is 5.43 Å². The Morgan fingerprint density at radius 3 is 3.00 bits per heavy atom. The molecule has 1 fully saturated rings. The molecule has 3 nitrogen and oxygen atoms in total. The van der Waals surface area contributed by atoms with Gasteiger partial charge in [-0.3, -0.25) is 4.79 Å². The van der Waals surface area contributed by atoms with E-state index in [2.05, 4.69) is 24.4 Å². The van der Waals surface area contributed by atoms with Crippen LogP contribution in [0.5, 0.6) is 0 Å². The topological polar surface area (TPSA) is 41.5 Å². The predicted octanol–water partition coefficient (Wildman–Crippen LogP) is 1.95. The lowest BCUT2D eigenvalue weighted by Gasteiger charge is -2.36. The minimum atomic E-state index is -0.00299. The Labute approximate surface area is 95.3 Å². The van der Waals surface area contributed by atoms with Crippen molar-refractivity contribution in [2.45, 2.75) is 39.2 Å². The molecule has 4 heteroatoms. The molecule has 0 saturated heterocycles.